The van der Waals surface area contributed by atoms with Crippen LogP contribution in [0.15, 0.2) is 12.3 Å². The molecule has 1 unspecified atom stereocenters. The zero-order chi connectivity index (χ0) is 15.3. The Labute approximate surface area is 121 Å². The van der Waals surface area contributed by atoms with Crippen molar-refractivity contribution in [3.63, 3.8) is 0 Å². The Balaban J connectivity index is 1.84. The third-order valence-corrected chi connectivity index (χ3v) is 3.54. The molecule has 1 atom stereocenters. The van der Waals surface area contributed by atoms with E-state index in [-0.39, 0.29) is 13.0 Å². The van der Waals surface area contributed by atoms with Gasteiger partial charge >= 0.3 is 6.18 Å². The lowest BCUT2D eigenvalue weighted by Gasteiger charge is -2.18. The van der Waals surface area contributed by atoms with Gasteiger partial charge in [0.2, 0.25) is 0 Å². The summed E-state index contributed by atoms with van der Waals surface area (Å²) in [6.07, 6.45) is -2.12. The van der Waals surface area contributed by atoms with E-state index < -0.39 is 12.6 Å². The van der Waals surface area contributed by atoms with Crippen molar-refractivity contribution in [3.05, 3.63) is 12.3 Å². The number of halogens is 3. The van der Waals surface area contributed by atoms with Crippen molar-refractivity contribution >= 4 is 11.5 Å². The minimum Gasteiger partial charge on any atom is -0.369 e. The van der Waals surface area contributed by atoms with E-state index in [1.807, 2.05) is 13.1 Å². The van der Waals surface area contributed by atoms with Crippen LogP contribution in [0.25, 0.3) is 0 Å². The van der Waals surface area contributed by atoms with E-state index in [1.54, 1.807) is 6.20 Å². The summed E-state index contributed by atoms with van der Waals surface area (Å²) in [5.74, 6) is 0.516. The molecule has 118 valence electrons. The number of anilines is 2. The van der Waals surface area contributed by atoms with E-state index in [2.05, 4.69) is 25.7 Å². The molecule has 0 aliphatic carbocycles. The maximum absolute atomic E-state index is 12.1. The lowest BCUT2D eigenvalue weighted by molar-refractivity contribution is -0.134. The Kier molecular flexibility index (Phi) is 5.22. The van der Waals surface area contributed by atoms with Crippen LogP contribution in [0.3, 0.4) is 0 Å². The molecule has 0 aromatic carbocycles. The fourth-order valence-electron chi connectivity index (χ4n) is 2.35. The number of alkyl halides is 3. The Morgan fingerprint density at radius 2 is 2.24 bits per heavy atom. The molecular formula is C13H20F3N5. The van der Waals surface area contributed by atoms with E-state index in [1.165, 1.54) is 0 Å². The molecule has 2 N–H and O–H groups in total. The zero-order valence-corrected chi connectivity index (χ0v) is 12.0. The van der Waals surface area contributed by atoms with Crippen molar-refractivity contribution in [2.45, 2.75) is 31.5 Å². The van der Waals surface area contributed by atoms with Crippen LogP contribution in [0.2, 0.25) is 0 Å². The largest absolute Gasteiger partial charge is 0.389 e. The van der Waals surface area contributed by atoms with E-state index in [0.717, 1.165) is 25.2 Å². The van der Waals surface area contributed by atoms with Gasteiger partial charge in [-0.15, -0.1) is 5.10 Å². The van der Waals surface area contributed by atoms with Gasteiger partial charge in [0.05, 0.1) is 11.9 Å². The van der Waals surface area contributed by atoms with Crippen molar-refractivity contribution in [3.8, 4) is 0 Å². The first kappa shape index (κ1) is 15.8. The molecule has 2 rings (SSSR count). The van der Waals surface area contributed by atoms with Crippen LogP contribution in [0.4, 0.5) is 24.7 Å². The number of aromatic nitrogens is 2. The van der Waals surface area contributed by atoms with Gasteiger partial charge in [0.25, 0.3) is 0 Å². The van der Waals surface area contributed by atoms with Crippen LogP contribution >= 0.6 is 0 Å². The molecule has 0 spiro atoms. The molecule has 1 aliphatic heterocycles. The van der Waals surface area contributed by atoms with Gasteiger partial charge < -0.3 is 15.5 Å². The quantitative estimate of drug-likeness (QED) is 0.788. The number of nitrogens with one attached hydrogen (secondary N) is 2. The molecule has 1 fully saturated rings. The summed E-state index contributed by atoms with van der Waals surface area (Å²) in [6.45, 7) is 2.07. The Morgan fingerprint density at radius 3 is 2.90 bits per heavy atom. The number of rotatable bonds is 6. The van der Waals surface area contributed by atoms with E-state index in [0.29, 0.717) is 11.9 Å². The maximum Gasteiger partial charge on any atom is 0.389 e. The molecule has 21 heavy (non-hydrogen) atoms. The molecule has 0 bridgehead atoms. The summed E-state index contributed by atoms with van der Waals surface area (Å²) in [7, 11) is 1.94. The first-order chi connectivity index (χ1) is 9.98. The van der Waals surface area contributed by atoms with E-state index in [9.17, 15) is 13.2 Å². The smallest absolute Gasteiger partial charge is 0.369 e. The first-order valence-electron chi connectivity index (χ1n) is 7.03. The number of likely N-dealkylation sites (N-methyl/N-ethyl adjacent to an activating group) is 1. The summed E-state index contributed by atoms with van der Waals surface area (Å²) < 4.78 is 36.2. The van der Waals surface area contributed by atoms with Crippen LogP contribution in [0.1, 0.15) is 19.3 Å². The molecule has 1 aliphatic rings. The Bertz CT molecular complexity index is 452. The fourth-order valence-corrected chi connectivity index (χ4v) is 2.35. The summed E-state index contributed by atoms with van der Waals surface area (Å²) in [4.78, 5) is 2.19. The van der Waals surface area contributed by atoms with Crippen LogP contribution in [-0.4, -0.2) is 49.1 Å². The minimum atomic E-state index is -4.10. The highest BCUT2D eigenvalue weighted by molar-refractivity contribution is 5.52. The predicted molar refractivity (Wildman–Crippen MR) is 75.5 cm³/mol. The first-order valence-corrected chi connectivity index (χ1v) is 7.03. The van der Waals surface area contributed by atoms with Gasteiger partial charge in [-0.25, -0.2) is 0 Å². The maximum atomic E-state index is 12.1. The summed E-state index contributed by atoms with van der Waals surface area (Å²) in [5.41, 5.74) is 0.945. The van der Waals surface area contributed by atoms with Gasteiger partial charge in [-0.05, 0) is 19.9 Å². The van der Waals surface area contributed by atoms with Crippen LogP contribution < -0.4 is 15.5 Å². The van der Waals surface area contributed by atoms with Gasteiger partial charge in [-0.3, -0.25) is 0 Å². The van der Waals surface area contributed by atoms with Gasteiger partial charge in [0, 0.05) is 38.2 Å². The molecule has 8 heteroatoms. The third-order valence-electron chi connectivity index (χ3n) is 3.54. The number of nitrogens with zero attached hydrogens (tertiary/aromatic N) is 3. The molecule has 5 nitrogen and oxygen atoms in total. The third kappa shape index (κ3) is 5.04. The van der Waals surface area contributed by atoms with Crippen LogP contribution in [0.5, 0.6) is 0 Å². The predicted octanol–water partition coefficient (Wildman–Crippen LogP) is 2.03. The van der Waals surface area contributed by atoms with Crippen molar-refractivity contribution < 1.29 is 13.2 Å². The van der Waals surface area contributed by atoms with Crippen molar-refractivity contribution in [1.29, 1.82) is 0 Å². The van der Waals surface area contributed by atoms with Gasteiger partial charge in [-0.2, -0.15) is 18.3 Å². The standard InChI is InChI=1S/C13H20F3N5/c1-17-10-3-6-21(9-10)11-7-12(20-19-8-11)18-5-2-4-13(14,15)16/h7-8,10,17H,2-6,9H2,1H3,(H,18,20). The van der Waals surface area contributed by atoms with Crippen molar-refractivity contribution in [2.75, 3.05) is 36.9 Å². The van der Waals surface area contributed by atoms with Crippen molar-refractivity contribution in [2.24, 2.45) is 0 Å². The second-order valence-electron chi connectivity index (χ2n) is 5.16. The topological polar surface area (TPSA) is 53.1 Å². The second kappa shape index (κ2) is 6.93. The van der Waals surface area contributed by atoms with Gasteiger partial charge in [0.15, 0.2) is 5.82 Å². The Morgan fingerprint density at radius 1 is 1.43 bits per heavy atom. The van der Waals surface area contributed by atoms with Crippen LogP contribution in [-0.2, 0) is 0 Å². The molecule has 0 saturated carbocycles. The molecule has 2 heterocycles. The van der Waals surface area contributed by atoms with Gasteiger partial charge in [-0.1, -0.05) is 0 Å². The van der Waals surface area contributed by atoms with E-state index in [4.69, 9.17) is 0 Å². The number of hydrogen-bond donors (Lipinski definition) is 2. The highest BCUT2D eigenvalue weighted by Crippen LogP contribution is 2.22. The minimum absolute atomic E-state index is 0.0287. The zero-order valence-electron chi connectivity index (χ0n) is 12.0. The van der Waals surface area contributed by atoms with Crippen molar-refractivity contribution in [1.82, 2.24) is 15.5 Å². The lowest BCUT2D eigenvalue weighted by Crippen LogP contribution is -2.29. The van der Waals surface area contributed by atoms with E-state index >= 15 is 0 Å². The summed E-state index contributed by atoms with van der Waals surface area (Å²) >= 11 is 0. The van der Waals surface area contributed by atoms with Crippen LogP contribution in [0, 0.1) is 0 Å². The average molecular weight is 303 g/mol. The lowest BCUT2D eigenvalue weighted by atomic mass is 10.3. The summed E-state index contributed by atoms with van der Waals surface area (Å²) in [6, 6.07) is 2.29. The number of hydrogen-bond acceptors (Lipinski definition) is 5. The SMILES string of the molecule is CNC1CCN(c2cnnc(NCCCC(F)(F)F)c2)C1. The van der Waals surface area contributed by atoms with Gasteiger partial charge in [0.1, 0.15) is 0 Å². The molecule has 1 aromatic heterocycles. The second-order valence-corrected chi connectivity index (χ2v) is 5.16. The summed E-state index contributed by atoms with van der Waals surface area (Å²) in [5, 5.41) is 13.9. The molecule has 0 radical (unpaired) electrons. The molecule has 0 amide bonds. The normalized spacial score (nSPS) is 19.0. The highest BCUT2D eigenvalue weighted by Gasteiger charge is 2.26. The average Bonchev–Trinajstić information content (AvgIpc) is 2.92. The molecule has 1 aromatic rings. The molecular weight excluding hydrogens is 283 g/mol. The fraction of sp³-hybridized carbons (Fsp3) is 0.692. The Hall–Kier alpha value is -1.57. The molecule has 1 saturated heterocycles. The monoisotopic (exact) mass is 303 g/mol. The highest BCUT2D eigenvalue weighted by atomic mass is 19.4.